The fourth-order valence-electron chi connectivity index (χ4n) is 3.44. The van der Waals surface area contributed by atoms with Crippen LogP contribution in [0.5, 0.6) is 0 Å². The van der Waals surface area contributed by atoms with Crippen LogP contribution in [0.15, 0.2) is 29.2 Å². The van der Waals surface area contributed by atoms with Crippen molar-refractivity contribution in [3.63, 3.8) is 0 Å². The van der Waals surface area contributed by atoms with Gasteiger partial charge in [-0.2, -0.15) is 0 Å². The molecule has 1 aliphatic carbocycles. The molecule has 0 amide bonds. The Kier molecular flexibility index (Phi) is 4.27. The van der Waals surface area contributed by atoms with Crippen LogP contribution in [0.1, 0.15) is 66.8 Å². The SMILES string of the molecule is O=C(O)c1c[nH]c2ccc(C3CCCCCCC3)cc2c1=O. The maximum absolute atomic E-state index is 12.3. The highest BCUT2D eigenvalue weighted by molar-refractivity contribution is 5.92. The van der Waals surface area contributed by atoms with Crippen LogP contribution in [0.3, 0.4) is 0 Å². The lowest BCUT2D eigenvalue weighted by Crippen LogP contribution is -2.15. The van der Waals surface area contributed by atoms with Gasteiger partial charge in [0, 0.05) is 17.1 Å². The molecule has 3 rings (SSSR count). The predicted molar refractivity (Wildman–Crippen MR) is 86.6 cm³/mol. The third-order valence-corrected chi connectivity index (χ3v) is 4.71. The number of aromatic carboxylic acids is 1. The molecule has 4 nitrogen and oxygen atoms in total. The van der Waals surface area contributed by atoms with Gasteiger partial charge in [-0.15, -0.1) is 0 Å². The van der Waals surface area contributed by atoms with Gasteiger partial charge in [0.2, 0.25) is 5.43 Å². The number of carboxylic acid groups (broad SMARTS) is 1. The maximum Gasteiger partial charge on any atom is 0.341 e. The van der Waals surface area contributed by atoms with E-state index in [4.69, 9.17) is 5.11 Å². The topological polar surface area (TPSA) is 70.2 Å². The molecule has 0 radical (unpaired) electrons. The van der Waals surface area contributed by atoms with E-state index >= 15 is 0 Å². The van der Waals surface area contributed by atoms with E-state index in [0.717, 1.165) is 12.8 Å². The van der Waals surface area contributed by atoms with Crippen LogP contribution in [-0.4, -0.2) is 16.1 Å². The zero-order chi connectivity index (χ0) is 15.5. The standard InChI is InChI=1S/C18H21NO3/c20-17-14-10-13(12-6-4-2-1-3-5-7-12)8-9-16(14)19-11-15(17)18(21)22/h8-12H,1-7H2,(H,19,20)(H,21,22). The first-order chi connectivity index (χ1) is 10.7. The summed E-state index contributed by atoms with van der Waals surface area (Å²) >= 11 is 0. The molecule has 0 atom stereocenters. The van der Waals surface area contributed by atoms with Crippen molar-refractivity contribution in [1.82, 2.24) is 4.98 Å². The smallest absolute Gasteiger partial charge is 0.341 e. The van der Waals surface area contributed by atoms with Gasteiger partial charge in [-0.25, -0.2) is 4.79 Å². The predicted octanol–water partition coefficient (Wildman–Crippen LogP) is 4.05. The Morgan fingerprint density at radius 2 is 1.77 bits per heavy atom. The lowest BCUT2D eigenvalue weighted by atomic mass is 9.85. The highest BCUT2D eigenvalue weighted by Crippen LogP contribution is 2.31. The average Bonchev–Trinajstić information content (AvgIpc) is 2.47. The molecule has 22 heavy (non-hydrogen) atoms. The number of aromatic nitrogens is 1. The van der Waals surface area contributed by atoms with Crippen LogP contribution in [-0.2, 0) is 0 Å². The van der Waals surface area contributed by atoms with Gasteiger partial charge >= 0.3 is 5.97 Å². The normalized spacial score (nSPS) is 17.1. The average molecular weight is 299 g/mol. The number of nitrogens with one attached hydrogen (secondary N) is 1. The maximum atomic E-state index is 12.3. The minimum absolute atomic E-state index is 0.192. The zero-order valence-corrected chi connectivity index (χ0v) is 12.6. The second kappa shape index (κ2) is 6.34. The molecule has 0 saturated heterocycles. The van der Waals surface area contributed by atoms with E-state index < -0.39 is 11.4 Å². The molecule has 1 aliphatic rings. The summed E-state index contributed by atoms with van der Waals surface area (Å²) in [6, 6.07) is 5.87. The summed E-state index contributed by atoms with van der Waals surface area (Å²) in [7, 11) is 0. The number of benzene rings is 1. The van der Waals surface area contributed by atoms with E-state index in [9.17, 15) is 9.59 Å². The number of rotatable bonds is 2. The fourth-order valence-corrected chi connectivity index (χ4v) is 3.44. The third kappa shape index (κ3) is 2.91. The van der Waals surface area contributed by atoms with Gasteiger partial charge in [-0.05, 0) is 36.5 Å². The molecule has 0 unspecified atom stereocenters. The molecule has 1 heterocycles. The molecule has 0 bridgehead atoms. The summed E-state index contributed by atoms with van der Waals surface area (Å²) in [5, 5.41) is 9.58. The van der Waals surface area contributed by atoms with Crippen molar-refractivity contribution in [2.45, 2.75) is 50.9 Å². The largest absolute Gasteiger partial charge is 0.477 e. The Morgan fingerprint density at radius 3 is 2.45 bits per heavy atom. The van der Waals surface area contributed by atoms with Crippen molar-refractivity contribution < 1.29 is 9.90 Å². The van der Waals surface area contributed by atoms with Crippen molar-refractivity contribution in [2.75, 3.05) is 0 Å². The molecule has 116 valence electrons. The van der Waals surface area contributed by atoms with Crippen molar-refractivity contribution in [3.05, 3.63) is 45.7 Å². The Balaban J connectivity index is 2.02. The lowest BCUT2D eigenvalue weighted by Gasteiger charge is -2.20. The number of hydrogen-bond donors (Lipinski definition) is 2. The highest BCUT2D eigenvalue weighted by Gasteiger charge is 2.16. The van der Waals surface area contributed by atoms with Gasteiger partial charge in [0.15, 0.2) is 0 Å². The fraction of sp³-hybridized carbons (Fsp3) is 0.444. The molecular formula is C18H21NO3. The van der Waals surface area contributed by atoms with E-state index in [1.54, 1.807) is 0 Å². The third-order valence-electron chi connectivity index (χ3n) is 4.71. The number of pyridine rings is 1. The number of carboxylic acids is 1. The summed E-state index contributed by atoms with van der Waals surface area (Å²) in [6.45, 7) is 0. The molecule has 1 aromatic heterocycles. The molecular weight excluding hydrogens is 278 g/mol. The van der Waals surface area contributed by atoms with Crippen LogP contribution in [0.4, 0.5) is 0 Å². The second-order valence-electron chi connectivity index (χ2n) is 6.18. The first-order valence-electron chi connectivity index (χ1n) is 8.05. The van der Waals surface area contributed by atoms with Gasteiger partial charge in [0.1, 0.15) is 5.56 Å². The van der Waals surface area contributed by atoms with Crippen LogP contribution >= 0.6 is 0 Å². The van der Waals surface area contributed by atoms with E-state index in [1.165, 1.54) is 43.9 Å². The van der Waals surface area contributed by atoms with Crippen LogP contribution < -0.4 is 5.43 Å². The molecule has 4 heteroatoms. The van der Waals surface area contributed by atoms with Crippen LogP contribution in [0, 0.1) is 0 Å². The van der Waals surface area contributed by atoms with Crippen molar-refractivity contribution >= 4 is 16.9 Å². The monoisotopic (exact) mass is 299 g/mol. The summed E-state index contributed by atoms with van der Waals surface area (Å²) < 4.78 is 0. The highest BCUT2D eigenvalue weighted by atomic mass is 16.4. The summed E-state index contributed by atoms with van der Waals surface area (Å²) in [5.74, 6) is -0.697. The summed E-state index contributed by atoms with van der Waals surface area (Å²) in [5.41, 5.74) is 1.28. The van der Waals surface area contributed by atoms with Crippen molar-refractivity contribution in [1.29, 1.82) is 0 Å². The molecule has 2 aromatic rings. The van der Waals surface area contributed by atoms with Crippen LogP contribution in [0.25, 0.3) is 10.9 Å². The lowest BCUT2D eigenvalue weighted by molar-refractivity contribution is 0.0695. The van der Waals surface area contributed by atoms with E-state index in [-0.39, 0.29) is 5.56 Å². The van der Waals surface area contributed by atoms with Crippen molar-refractivity contribution in [3.8, 4) is 0 Å². The minimum atomic E-state index is -1.18. The second-order valence-corrected chi connectivity index (χ2v) is 6.18. The van der Waals surface area contributed by atoms with Gasteiger partial charge in [-0.1, -0.05) is 38.2 Å². The van der Waals surface area contributed by atoms with E-state index in [1.807, 2.05) is 12.1 Å². The first kappa shape index (κ1) is 14.8. The molecule has 0 aliphatic heterocycles. The van der Waals surface area contributed by atoms with Crippen LogP contribution in [0.2, 0.25) is 0 Å². The first-order valence-corrected chi connectivity index (χ1v) is 8.05. The van der Waals surface area contributed by atoms with E-state index in [2.05, 4.69) is 11.1 Å². The molecule has 2 N–H and O–H groups in total. The number of carbonyl (C=O) groups is 1. The molecule has 1 saturated carbocycles. The van der Waals surface area contributed by atoms with Gasteiger partial charge in [-0.3, -0.25) is 4.79 Å². The quantitative estimate of drug-likeness (QED) is 0.878. The number of aromatic amines is 1. The Hall–Kier alpha value is -2.10. The Bertz CT molecular complexity index is 740. The number of fused-ring (bicyclic) bond motifs is 1. The molecule has 0 spiro atoms. The molecule has 1 aromatic carbocycles. The van der Waals surface area contributed by atoms with E-state index in [0.29, 0.717) is 16.8 Å². The zero-order valence-electron chi connectivity index (χ0n) is 12.6. The number of hydrogen-bond acceptors (Lipinski definition) is 2. The van der Waals surface area contributed by atoms with Gasteiger partial charge in [0.05, 0.1) is 0 Å². The Labute approximate surface area is 129 Å². The number of H-pyrrole nitrogens is 1. The van der Waals surface area contributed by atoms with Gasteiger partial charge in [0.25, 0.3) is 0 Å². The summed E-state index contributed by atoms with van der Waals surface area (Å²) in [4.78, 5) is 26.4. The summed E-state index contributed by atoms with van der Waals surface area (Å²) in [6.07, 6.45) is 9.95. The van der Waals surface area contributed by atoms with Gasteiger partial charge < -0.3 is 10.1 Å². The molecule has 1 fully saturated rings. The Morgan fingerprint density at radius 1 is 1.09 bits per heavy atom. The minimum Gasteiger partial charge on any atom is -0.477 e. The van der Waals surface area contributed by atoms with Crippen molar-refractivity contribution in [2.24, 2.45) is 0 Å².